The van der Waals surface area contributed by atoms with E-state index in [0.29, 0.717) is 6.04 Å². The molecule has 1 aliphatic carbocycles. The second-order valence-corrected chi connectivity index (χ2v) is 7.20. The molecule has 0 saturated heterocycles. The fraction of sp³-hybridized carbons (Fsp3) is 0.700. The van der Waals surface area contributed by atoms with E-state index in [0.717, 1.165) is 23.8 Å². The van der Waals surface area contributed by atoms with Crippen LogP contribution in [0.5, 0.6) is 5.75 Å². The van der Waals surface area contributed by atoms with Gasteiger partial charge in [0, 0.05) is 18.2 Å². The van der Waals surface area contributed by atoms with Gasteiger partial charge in [0.05, 0.1) is 6.61 Å². The Morgan fingerprint density at radius 3 is 2.58 bits per heavy atom. The first-order chi connectivity index (χ1) is 11.6. The molecule has 1 fully saturated rings. The average molecular weight is 335 g/mol. The Hall–Kier alpha value is -1.10. The van der Waals surface area contributed by atoms with E-state index in [-0.39, 0.29) is 6.61 Å². The van der Waals surface area contributed by atoms with Crippen molar-refractivity contribution in [1.82, 2.24) is 5.32 Å². The van der Waals surface area contributed by atoms with Gasteiger partial charge in [-0.1, -0.05) is 50.3 Å². The van der Waals surface area contributed by atoms with Crippen LogP contribution in [0.25, 0.3) is 0 Å². The van der Waals surface area contributed by atoms with Crippen LogP contribution in [0.1, 0.15) is 57.9 Å². The van der Waals surface area contributed by atoms with E-state index in [9.17, 15) is 5.11 Å². The lowest BCUT2D eigenvalue weighted by atomic mass is 9.85. The maximum atomic E-state index is 9.69. The zero-order valence-corrected chi connectivity index (χ0v) is 15.1. The second kappa shape index (κ2) is 10.0. The third-order valence-corrected chi connectivity index (χ3v) is 5.07. The molecule has 0 radical (unpaired) electrons. The Labute approximate surface area is 146 Å². The van der Waals surface area contributed by atoms with E-state index in [1.54, 1.807) is 6.92 Å². The van der Waals surface area contributed by atoms with Crippen molar-refractivity contribution < 1.29 is 14.9 Å². The summed E-state index contributed by atoms with van der Waals surface area (Å²) in [6.07, 6.45) is 6.87. The second-order valence-electron chi connectivity index (χ2n) is 7.20. The number of aliphatic hydroxyl groups is 2. The van der Waals surface area contributed by atoms with Crippen LogP contribution in [-0.4, -0.2) is 35.1 Å². The Balaban J connectivity index is 1.85. The van der Waals surface area contributed by atoms with Crippen molar-refractivity contribution in [1.29, 1.82) is 0 Å². The van der Waals surface area contributed by atoms with Crippen molar-refractivity contribution in [2.45, 2.75) is 77.2 Å². The van der Waals surface area contributed by atoms with E-state index in [1.165, 1.54) is 38.5 Å². The summed E-state index contributed by atoms with van der Waals surface area (Å²) in [5.41, 5.74) is 1.09. The molecule has 1 aromatic rings. The fourth-order valence-electron chi connectivity index (χ4n) is 3.48. The van der Waals surface area contributed by atoms with Crippen LogP contribution in [0.15, 0.2) is 24.3 Å². The van der Waals surface area contributed by atoms with Crippen molar-refractivity contribution in [2.24, 2.45) is 5.92 Å². The molecule has 0 aliphatic heterocycles. The summed E-state index contributed by atoms with van der Waals surface area (Å²) >= 11 is 0. The maximum Gasteiger partial charge on any atom is 0.124 e. The van der Waals surface area contributed by atoms with E-state index in [4.69, 9.17) is 9.84 Å². The normalized spacial score (nSPS) is 19.7. The van der Waals surface area contributed by atoms with Gasteiger partial charge in [-0.3, -0.25) is 0 Å². The molecule has 4 heteroatoms. The molecule has 0 aromatic heterocycles. The molecule has 2 unspecified atom stereocenters. The number of hydrogen-bond acceptors (Lipinski definition) is 4. The molecule has 0 amide bonds. The molecule has 2 rings (SSSR count). The highest BCUT2D eigenvalue weighted by atomic mass is 16.5. The van der Waals surface area contributed by atoms with Gasteiger partial charge in [0.25, 0.3) is 0 Å². The SMILES string of the molecule is CC(Oc1ccccc1CN[C@@H](C)CC1CCCCC1)C(O)CO. The molecular formula is C20H33NO3. The van der Waals surface area contributed by atoms with E-state index in [2.05, 4.69) is 12.2 Å². The molecule has 0 heterocycles. The average Bonchev–Trinajstić information content (AvgIpc) is 2.61. The van der Waals surface area contributed by atoms with Gasteiger partial charge >= 0.3 is 0 Å². The number of rotatable bonds is 9. The molecule has 0 spiro atoms. The first-order valence-corrected chi connectivity index (χ1v) is 9.37. The van der Waals surface area contributed by atoms with Crippen LogP contribution in [0.4, 0.5) is 0 Å². The number of benzene rings is 1. The van der Waals surface area contributed by atoms with Crippen molar-refractivity contribution in [3.05, 3.63) is 29.8 Å². The number of aliphatic hydroxyl groups excluding tert-OH is 2. The van der Waals surface area contributed by atoms with Gasteiger partial charge in [-0.25, -0.2) is 0 Å². The van der Waals surface area contributed by atoms with Crippen molar-refractivity contribution >= 4 is 0 Å². The number of nitrogens with one attached hydrogen (secondary N) is 1. The number of ether oxygens (including phenoxy) is 1. The topological polar surface area (TPSA) is 61.7 Å². The van der Waals surface area contributed by atoms with Crippen LogP contribution >= 0.6 is 0 Å². The molecule has 1 aromatic carbocycles. The predicted molar refractivity (Wildman–Crippen MR) is 97.1 cm³/mol. The van der Waals surface area contributed by atoms with Crippen LogP contribution in [0.2, 0.25) is 0 Å². The Morgan fingerprint density at radius 2 is 1.88 bits per heavy atom. The van der Waals surface area contributed by atoms with Gasteiger partial charge in [0.15, 0.2) is 0 Å². The summed E-state index contributed by atoms with van der Waals surface area (Å²) in [5, 5.41) is 22.3. The highest BCUT2D eigenvalue weighted by Gasteiger charge is 2.18. The molecule has 1 aliphatic rings. The predicted octanol–water partition coefficient (Wildman–Crippen LogP) is 3.26. The number of para-hydroxylation sites is 1. The number of hydrogen-bond donors (Lipinski definition) is 3. The van der Waals surface area contributed by atoms with Gasteiger partial charge in [-0.15, -0.1) is 0 Å². The summed E-state index contributed by atoms with van der Waals surface area (Å²) < 4.78 is 5.83. The standard InChI is InChI=1S/C20H33NO3/c1-15(12-17-8-4-3-5-9-17)21-13-18-10-6-7-11-20(18)24-16(2)19(23)14-22/h6-7,10-11,15-17,19,21-23H,3-5,8-9,12-14H2,1-2H3/t15-,16?,19?/m0/s1. The lowest BCUT2D eigenvalue weighted by molar-refractivity contribution is 0.00773. The lowest BCUT2D eigenvalue weighted by Crippen LogP contribution is -2.32. The summed E-state index contributed by atoms with van der Waals surface area (Å²) in [5.74, 6) is 1.64. The van der Waals surface area contributed by atoms with E-state index < -0.39 is 12.2 Å². The molecule has 136 valence electrons. The monoisotopic (exact) mass is 335 g/mol. The van der Waals surface area contributed by atoms with Gasteiger partial charge in [-0.2, -0.15) is 0 Å². The quantitative estimate of drug-likeness (QED) is 0.648. The molecule has 3 atom stereocenters. The van der Waals surface area contributed by atoms with Gasteiger partial charge < -0.3 is 20.3 Å². The van der Waals surface area contributed by atoms with Gasteiger partial charge in [-0.05, 0) is 32.3 Å². The Bertz CT molecular complexity index is 474. The highest BCUT2D eigenvalue weighted by Crippen LogP contribution is 2.27. The van der Waals surface area contributed by atoms with Crippen molar-refractivity contribution in [3.63, 3.8) is 0 Å². The molecule has 24 heavy (non-hydrogen) atoms. The minimum Gasteiger partial charge on any atom is -0.488 e. The largest absolute Gasteiger partial charge is 0.488 e. The first-order valence-electron chi connectivity index (χ1n) is 9.37. The third-order valence-electron chi connectivity index (χ3n) is 5.07. The van der Waals surface area contributed by atoms with Crippen molar-refractivity contribution in [2.75, 3.05) is 6.61 Å². The van der Waals surface area contributed by atoms with Crippen LogP contribution in [-0.2, 0) is 6.54 Å². The smallest absolute Gasteiger partial charge is 0.124 e. The molecule has 0 bridgehead atoms. The van der Waals surface area contributed by atoms with E-state index >= 15 is 0 Å². The van der Waals surface area contributed by atoms with Gasteiger partial charge in [0.1, 0.15) is 18.0 Å². The summed E-state index contributed by atoms with van der Waals surface area (Å²) in [6.45, 7) is 4.50. The molecular weight excluding hydrogens is 302 g/mol. The van der Waals surface area contributed by atoms with Crippen LogP contribution < -0.4 is 10.1 Å². The van der Waals surface area contributed by atoms with Crippen LogP contribution in [0, 0.1) is 5.92 Å². The minimum absolute atomic E-state index is 0.292. The minimum atomic E-state index is -0.865. The highest BCUT2D eigenvalue weighted by molar-refractivity contribution is 5.33. The van der Waals surface area contributed by atoms with Crippen molar-refractivity contribution in [3.8, 4) is 5.75 Å². The van der Waals surface area contributed by atoms with Gasteiger partial charge in [0.2, 0.25) is 0 Å². The Kier molecular flexibility index (Phi) is 8.03. The summed E-state index contributed by atoms with van der Waals surface area (Å²) in [6, 6.07) is 8.39. The third kappa shape index (κ3) is 6.08. The lowest BCUT2D eigenvalue weighted by Gasteiger charge is -2.26. The Morgan fingerprint density at radius 1 is 1.17 bits per heavy atom. The summed E-state index contributed by atoms with van der Waals surface area (Å²) in [7, 11) is 0. The van der Waals surface area contributed by atoms with E-state index in [1.807, 2.05) is 24.3 Å². The molecule has 3 N–H and O–H groups in total. The maximum absolute atomic E-state index is 9.69. The van der Waals surface area contributed by atoms with Crippen LogP contribution in [0.3, 0.4) is 0 Å². The zero-order chi connectivity index (χ0) is 17.4. The fourth-order valence-corrected chi connectivity index (χ4v) is 3.48. The molecule has 4 nitrogen and oxygen atoms in total. The zero-order valence-electron chi connectivity index (χ0n) is 15.1. The molecule has 1 saturated carbocycles. The first kappa shape index (κ1) is 19.2. The summed E-state index contributed by atoms with van der Waals surface area (Å²) in [4.78, 5) is 0.